The van der Waals surface area contributed by atoms with E-state index in [9.17, 15) is 18.4 Å². The van der Waals surface area contributed by atoms with Crippen molar-refractivity contribution in [1.29, 1.82) is 0 Å². The van der Waals surface area contributed by atoms with E-state index in [4.69, 9.17) is 10.5 Å². The number of piperidine rings is 1. The van der Waals surface area contributed by atoms with Crippen LogP contribution in [0.15, 0.2) is 12.1 Å². The smallest absolute Gasteiger partial charge is 0.414 e. The molecule has 2 saturated heterocycles. The molecule has 26 heavy (non-hydrogen) atoms. The molecule has 2 amide bonds. The van der Waals surface area contributed by atoms with E-state index in [0.717, 1.165) is 17.0 Å². The molecule has 0 aromatic heterocycles. The van der Waals surface area contributed by atoms with Gasteiger partial charge in [-0.15, -0.1) is 0 Å². The largest absolute Gasteiger partial charge is 0.442 e. The lowest BCUT2D eigenvalue weighted by Crippen LogP contribution is -2.40. The lowest BCUT2D eigenvalue weighted by molar-refractivity contribution is -0.119. The van der Waals surface area contributed by atoms with E-state index in [2.05, 4.69) is 5.32 Å². The molecule has 2 aliphatic rings. The van der Waals surface area contributed by atoms with Crippen molar-refractivity contribution < 1.29 is 23.1 Å². The zero-order valence-electron chi connectivity index (χ0n) is 14.5. The first-order valence-electron chi connectivity index (χ1n) is 8.57. The Kier molecular flexibility index (Phi) is 5.26. The minimum absolute atomic E-state index is 0.0524. The number of ether oxygens (including phenoxy) is 1. The van der Waals surface area contributed by atoms with Crippen molar-refractivity contribution in [3.8, 4) is 0 Å². The first-order valence-corrected chi connectivity index (χ1v) is 8.57. The summed E-state index contributed by atoms with van der Waals surface area (Å²) in [5.41, 5.74) is 5.83. The second-order valence-corrected chi connectivity index (χ2v) is 6.64. The van der Waals surface area contributed by atoms with Crippen LogP contribution in [0.5, 0.6) is 0 Å². The molecule has 0 unspecified atom stereocenters. The fourth-order valence-electron chi connectivity index (χ4n) is 3.23. The second kappa shape index (κ2) is 7.45. The Morgan fingerprint density at radius 2 is 1.92 bits per heavy atom. The average molecular weight is 368 g/mol. The molecule has 2 fully saturated rings. The van der Waals surface area contributed by atoms with Crippen LogP contribution in [0.1, 0.15) is 19.8 Å². The number of hydrogen-bond donors (Lipinski definition) is 2. The summed E-state index contributed by atoms with van der Waals surface area (Å²) in [7, 11) is 0. The van der Waals surface area contributed by atoms with E-state index in [1.807, 2.05) is 0 Å². The van der Waals surface area contributed by atoms with E-state index in [-0.39, 0.29) is 36.4 Å². The van der Waals surface area contributed by atoms with Crippen molar-refractivity contribution >= 4 is 23.4 Å². The maximum absolute atomic E-state index is 14.6. The lowest BCUT2D eigenvalue weighted by Gasteiger charge is -2.32. The van der Waals surface area contributed by atoms with Gasteiger partial charge in [0.1, 0.15) is 11.8 Å². The molecule has 0 spiro atoms. The van der Waals surface area contributed by atoms with Crippen molar-refractivity contribution in [3.63, 3.8) is 0 Å². The van der Waals surface area contributed by atoms with Gasteiger partial charge in [-0.3, -0.25) is 9.69 Å². The summed E-state index contributed by atoms with van der Waals surface area (Å²) >= 11 is 0. The van der Waals surface area contributed by atoms with Crippen LogP contribution in [0.4, 0.5) is 25.0 Å². The van der Waals surface area contributed by atoms with Crippen LogP contribution >= 0.6 is 0 Å². The van der Waals surface area contributed by atoms with Gasteiger partial charge in [-0.2, -0.15) is 0 Å². The van der Waals surface area contributed by atoms with E-state index < -0.39 is 23.8 Å². The van der Waals surface area contributed by atoms with Gasteiger partial charge in [-0.25, -0.2) is 13.6 Å². The molecule has 0 saturated carbocycles. The summed E-state index contributed by atoms with van der Waals surface area (Å²) in [6.07, 6.45) is 0.0741. The van der Waals surface area contributed by atoms with Crippen molar-refractivity contribution in [2.45, 2.75) is 31.9 Å². The fourth-order valence-corrected chi connectivity index (χ4v) is 3.23. The molecule has 7 nitrogen and oxygen atoms in total. The summed E-state index contributed by atoms with van der Waals surface area (Å²) in [6, 6.07) is 2.32. The Hall–Kier alpha value is -2.42. The number of rotatable bonds is 4. The number of carbonyl (C=O) groups excluding carboxylic acids is 2. The number of carbonyl (C=O) groups is 2. The topological polar surface area (TPSA) is 87.9 Å². The van der Waals surface area contributed by atoms with Crippen molar-refractivity contribution in [2.24, 2.45) is 5.73 Å². The highest BCUT2D eigenvalue weighted by molar-refractivity contribution is 5.90. The van der Waals surface area contributed by atoms with E-state index in [1.54, 1.807) is 4.90 Å². The van der Waals surface area contributed by atoms with E-state index >= 15 is 0 Å². The molecule has 1 aromatic carbocycles. The number of amides is 2. The van der Waals surface area contributed by atoms with E-state index in [1.165, 1.54) is 6.92 Å². The number of cyclic esters (lactones) is 1. The molecular formula is C17H22F2N4O3. The number of benzene rings is 1. The minimum Gasteiger partial charge on any atom is -0.442 e. The first kappa shape index (κ1) is 18.4. The second-order valence-electron chi connectivity index (χ2n) is 6.64. The summed E-state index contributed by atoms with van der Waals surface area (Å²) in [5.74, 6) is -1.70. The molecule has 142 valence electrons. The normalized spacial score (nSPS) is 21.1. The molecule has 0 aliphatic carbocycles. The summed E-state index contributed by atoms with van der Waals surface area (Å²) in [5, 5.41) is 2.55. The van der Waals surface area contributed by atoms with Crippen LogP contribution in [0.25, 0.3) is 0 Å². The highest BCUT2D eigenvalue weighted by atomic mass is 19.1. The van der Waals surface area contributed by atoms with Gasteiger partial charge in [-0.1, -0.05) is 0 Å². The Morgan fingerprint density at radius 1 is 1.31 bits per heavy atom. The van der Waals surface area contributed by atoms with Crippen molar-refractivity contribution in [2.75, 3.05) is 36.0 Å². The standard InChI is InChI=1S/C17H22F2N4O3/c1-10(24)21-8-13-9-23(17(25)26-13)12-6-14(18)16(15(19)7-12)22-4-2-11(20)3-5-22/h6-7,11,13H,2-5,8-9,20H2,1H3,(H,21,24)/t13-/m0/s1. The molecule has 0 bridgehead atoms. The zero-order valence-corrected chi connectivity index (χ0v) is 14.5. The molecule has 2 heterocycles. The van der Waals surface area contributed by atoms with Gasteiger partial charge >= 0.3 is 6.09 Å². The zero-order chi connectivity index (χ0) is 18.8. The highest BCUT2D eigenvalue weighted by Crippen LogP contribution is 2.32. The number of nitrogens with two attached hydrogens (primary N) is 1. The predicted molar refractivity (Wildman–Crippen MR) is 92.1 cm³/mol. The van der Waals surface area contributed by atoms with Crippen LogP contribution < -0.4 is 20.9 Å². The summed E-state index contributed by atoms with van der Waals surface area (Å²) in [4.78, 5) is 25.8. The third kappa shape index (κ3) is 3.87. The highest BCUT2D eigenvalue weighted by Gasteiger charge is 2.34. The average Bonchev–Trinajstić information content (AvgIpc) is 2.95. The van der Waals surface area contributed by atoms with Gasteiger partial charge in [0.2, 0.25) is 5.91 Å². The van der Waals surface area contributed by atoms with Crippen LogP contribution in [-0.2, 0) is 9.53 Å². The number of halogens is 2. The number of nitrogens with zero attached hydrogens (tertiary/aromatic N) is 2. The molecule has 9 heteroatoms. The van der Waals surface area contributed by atoms with Gasteiger partial charge in [0, 0.05) is 38.2 Å². The van der Waals surface area contributed by atoms with Gasteiger partial charge in [0.05, 0.1) is 18.8 Å². The van der Waals surface area contributed by atoms with Gasteiger partial charge in [0.15, 0.2) is 11.6 Å². The fraction of sp³-hybridized carbons (Fsp3) is 0.529. The van der Waals surface area contributed by atoms with Crippen LogP contribution in [0.2, 0.25) is 0 Å². The molecule has 2 aliphatic heterocycles. The van der Waals surface area contributed by atoms with Gasteiger partial charge in [0.25, 0.3) is 0 Å². The van der Waals surface area contributed by atoms with Gasteiger partial charge in [-0.05, 0) is 12.8 Å². The lowest BCUT2D eigenvalue weighted by atomic mass is 10.0. The molecule has 1 atom stereocenters. The number of anilines is 2. The van der Waals surface area contributed by atoms with Gasteiger partial charge < -0.3 is 20.7 Å². The Labute approximate surface area is 150 Å². The molecule has 1 aromatic rings. The Bertz CT molecular complexity index is 684. The summed E-state index contributed by atoms with van der Waals surface area (Å²) in [6.45, 7) is 2.58. The molecule has 0 radical (unpaired) electrons. The molecule has 3 rings (SSSR count). The minimum atomic E-state index is -0.728. The Morgan fingerprint density at radius 3 is 2.50 bits per heavy atom. The van der Waals surface area contributed by atoms with Crippen molar-refractivity contribution in [1.82, 2.24) is 5.32 Å². The monoisotopic (exact) mass is 368 g/mol. The van der Waals surface area contributed by atoms with Crippen LogP contribution in [0.3, 0.4) is 0 Å². The SMILES string of the molecule is CC(=O)NC[C@H]1CN(c2cc(F)c(N3CCC(N)CC3)c(F)c2)C(=O)O1. The molecular weight excluding hydrogens is 346 g/mol. The number of nitrogens with one attached hydrogen (secondary N) is 1. The maximum Gasteiger partial charge on any atom is 0.414 e. The third-order valence-electron chi connectivity index (χ3n) is 4.62. The van der Waals surface area contributed by atoms with E-state index in [0.29, 0.717) is 25.9 Å². The van der Waals surface area contributed by atoms with Crippen LogP contribution in [0, 0.1) is 11.6 Å². The summed E-state index contributed by atoms with van der Waals surface area (Å²) < 4.78 is 34.3. The van der Waals surface area contributed by atoms with Crippen LogP contribution in [-0.4, -0.2) is 50.3 Å². The Balaban J connectivity index is 1.75. The number of hydrogen-bond acceptors (Lipinski definition) is 5. The quantitative estimate of drug-likeness (QED) is 0.838. The first-order chi connectivity index (χ1) is 12.3. The predicted octanol–water partition coefficient (Wildman–Crippen LogP) is 1.35. The third-order valence-corrected chi connectivity index (χ3v) is 4.62. The van der Waals surface area contributed by atoms with Crippen molar-refractivity contribution in [3.05, 3.63) is 23.8 Å². The maximum atomic E-state index is 14.6. The molecule has 3 N–H and O–H groups in total.